The van der Waals surface area contributed by atoms with Crippen molar-refractivity contribution in [2.24, 2.45) is 0 Å². The van der Waals surface area contributed by atoms with Gasteiger partial charge in [0, 0.05) is 10.6 Å². The van der Waals surface area contributed by atoms with Crippen molar-refractivity contribution in [3.05, 3.63) is 53.1 Å². The van der Waals surface area contributed by atoms with Crippen LogP contribution in [0.5, 0.6) is 11.5 Å². The summed E-state index contributed by atoms with van der Waals surface area (Å²) in [6.07, 6.45) is 0. The largest absolute Gasteiger partial charge is 0.496 e. The normalized spacial score (nSPS) is 13.0. The van der Waals surface area contributed by atoms with Gasteiger partial charge in [-0.15, -0.1) is 0 Å². The van der Waals surface area contributed by atoms with Crippen LogP contribution in [0.4, 0.5) is 5.69 Å². The standard InChI is InChI=1S/C18H16ClNO5/c1-23-15-7-6-13(19)8-12(15)10-25-18(22)9-20-14-4-2-3-5-16(14)24-11-17(20)21/h2-8H,9-11H2,1H3. The van der Waals surface area contributed by atoms with Gasteiger partial charge in [-0.25, -0.2) is 0 Å². The lowest BCUT2D eigenvalue weighted by atomic mass is 10.2. The van der Waals surface area contributed by atoms with E-state index in [2.05, 4.69) is 0 Å². The zero-order chi connectivity index (χ0) is 17.8. The van der Waals surface area contributed by atoms with Crippen molar-refractivity contribution >= 4 is 29.2 Å². The summed E-state index contributed by atoms with van der Waals surface area (Å²) in [4.78, 5) is 25.6. The topological polar surface area (TPSA) is 65.1 Å². The molecular formula is C18H16ClNO5. The van der Waals surface area contributed by atoms with Crippen molar-refractivity contribution < 1.29 is 23.8 Å². The van der Waals surface area contributed by atoms with E-state index < -0.39 is 5.97 Å². The van der Waals surface area contributed by atoms with E-state index in [0.717, 1.165) is 0 Å². The van der Waals surface area contributed by atoms with E-state index in [1.165, 1.54) is 12.0 Å². The fourth-order valence-electron chi connectivity index (χ4n) is 2.52. The molecule has 1 aliphatic rings. The van der Waals surface area contributed by atoms with E-state index in [0.29, 0.717) is 27.8 Å². The third-order valence-corrected chi connectivity index (χ3v) is 3.96. The molecule has 0 unspecified atom stereocenters. The molecule has 0 saturated heterocycles. The molecule has 1 heterocycles. The van der Waals surface area contributed by atoms with Gasteiger partial charge < -0.3 is 14.2 Å². The fourth-order valence-corrected chi connectivity index (χ4v) is 2.71. The molecule has 0 fully saturated rings. The van der Waals surface area contributed by atoms with Crippen molar-refractivity contribution in [2.45, 2.75) is 6.61 Å². The number of fused-ring (bicyclic) bond motifs is 1. The Labute approximate surface area is 149 Å². The molecule has 25 heavy (non-hydrogen) atoms. The third-order valence-electron chi connectivity index (χ3n) is 3.73. The summed E-state index contributed by atoms with van der Waals surface area (Å²) in [6, 6.07) is 12.1. The summed E-state index contributed by atoms with van der Waals surface area (Å²) in [5.74, 6) is 0.305. The van der Waals surface area contributed by atoms with Crippen LogP contribution in [0.15, 0.2) is 42.5 Å². The molecular weight excluding hydrogens is 346 g/mol. The smallest absolute Gasteiger partial charge is 0.326 e. The Balaban J connectivity index is 1.67. The fraction of sp³-hybridized carbons (Fsp3) is 0.222. The zero-order valence-electron chi connectivity index (χ0n) is 13.5. The lowest BCUT2D eigenvalue weighted by molar-refractivity contribution is -0.144. The molecule has 0 N–H and O–H groups in total. The second-order valence-corrected chi connectivity index (χ2v) is 5.79. The number of hydrogen-bond donors (Lipinski definition) is 0. The van der Waals surface area contributed by atoms with Crippen molar-refractivity contribution in [1.29, 1.82) is 0 Å². The highest BCUT2D eigenvalue weighted by molar-refractivity contribution is 6.30. The molecule has 0 spiro atoms. The highest BCUT2D eigenvalue weighted by Gasteiger charge is 2.27. The summed E-state index contributed by atoms with van der Waals surface area (Å²) in [6.45, 7) is -0.294. The molecule has 0 atom stereocenters. The molecule has 1 aliphatic heterocycles. The first-order valence-corrected chi connectivity index (χ1v) is 7.96. The maximum Gasteiger partial charge on any atom is 0.326 e. The van der Waals surface area contributed by atoms with E-state index in [-0.39, 0.29) is 25.7 Å². The molecule has 0 aliphatic carbocycles. The Morgan fingerprint density at radius 1 is 1.28 bits per heavy atom. The minimum absolute atomic E-state index is 0.00272. The summed E-state index contributed by atoms with van der Waals surface area (Å²) in [7, 11) is 1.53. The van der Waals surface area contributed by atoms with Gasteiger partial charge in [-0.2, -0.15) is 0 Å². The van der Waals surface area contributed by atoms with Crippen LogP contribution in [0.1, 0.15) is 5.56 Å². The van der Waals surface area contributed by atoms with Crippen LogP contribution < -0.4 is 14.4 Å². The van der Waals surface area contributed by atoms with Crippen LogP contribution >= 0.6 is 11.6 Å². The molecule has 0 bridgehead atoms. The minimum Gasteiger partial charge on any atom is -0.496 e. The Morgan fingerprint density at radius 3 is 2.88 bits per heavy atom. The number of benzene rings is 2. The van der Waals surface area contributed by atoms with Crippen LogP contribution in [0, 0.1) is 0 Å². The highest BCUT2D eigenvalue weighted by atomic mass is 35.5. The van der Waals surface area contributed by atoms with E-state index in [1.54, 1.807) is 42.5 Å². The van der Waals surface area contributed by atoms with Gasteiger partial charge in [0.05, 0.1) is 12.8 Å². The highest BCUT2D eigenvalue weighted by Crippen LogP contribution is 2.31. The number of anilines is 1. The Kier molecular flexibility index (Phi) is 5.09. The predicted octanol–water partition coefficient (Wildman–Crippen LogP) is 2.82. The first-order valence-electron chi connectivity index (χ1n) is 7.58. The number of methoxy groups -OCH3 is 1. The lowest BCUT2D eigenvalue weighted by Crippen LogP contribution is -2.42. The van der Waals surface area contributed by atoms with Crippen LogP contribution in [0.2, 0.25) is 5.02 Å². The summed E-state index contributed by atoms with van der Waals surface area (Å²) >= 11 is 5.96. The Bertz CT molecular complexity index is 808. The van der Waals surface area contributed by atoms with E-state index in [9.17, 15) is 9.59 Å². The number of hydrogen-bond acceptors (Lipinski definition) is 5. The van der Waals surface area contributed by atoms with Gasteiger partial charge in [0.1, 0.15) is 24.7 Å². The quantitative estimate of drug-likeness (QED) is 0.766. The predicted molar refractivity (Wildman–Crippen MR) is 92.1 cm³/mol. The Morgan fingerprint density at radius 2 is 2.08 bits per heavy atom. The van der Waals surface area contributed by atoms with Crippen molar-refractivity contribution in [2.75, 3.05) is 25.2 Å². The molecule has 0 aromatic heterocycles. The van der Waals surface area contributed by atoms with Crippen LogP contribution in [-0.4, -0.2) is 32.1 Å². The average Bonchev–Trinajstić information content (AvgIpc) is 2.62. The minimum atomic E-state index is -0.535. The maximum absolute atomic E-state index is 12.2. The van der Waals surface area contributed by atoms with Crippen molar-refractivity contribution in [3.8, 4) is 11.5 Å². The summed E-state index contributed by atoms with van der Waals surface area (Å²) < 4.78 is 15.8. The first-order chi connectivity index (χ1) is 12.1. The molecule has 0 saturated carbocycles. The second-order valence-electron chi connectivity index (χ2n) is 5.35. The number of carbonyl (C=O) groups excluding carboxylic acids is 2. The lowest BCUT2D eigenvalue weighted by Gasteiger charge is -2.28. The Hall–Kier alpha value is -2.73. The number of halogens is 1. The average molecular weight is 362 g/mol. The van der Waals surface area contributed by atoms with Gasteiger partial charge >= 0.3 is 5.97 Å². The molecule has 1 amide bonds. The van der Waals surface area contributed by atoms with Gasteiger partial charge in [-0.05, 0) is 30.3 Å². The number of ether oxygens (including phenoxy) is 3. The zero-order valence-corrected chi connectivity index (χ0v) is 14.3. The maximum atomic E-state index is 12.2. The van der Waals surface area contributed by atoms with Gasteiger partial charge in [-0.1, -0.05) is 23.7 Å². The number of para-hydroxylation sites is 2. The molecule has 130 valence electrons. The molecule has 0 radical (unpaired) electrons. The SMILES string of the molecule is COc1ccc(Cl)cc1COC(=O)CN1C(=O)COc2ccccc21. The van der Waals surface area contributed by atoms with E-state index in [1.807, 2.05) is 0 Å². The van der Waals surface area contributed by atoms with Crippen LogP contribution in [0.25, 0.3) is 0 Å². The van der Waals surface area contributed by atoms with E-state index >= 15 is 0 Å². The number of amides is 1. The second kappa shape index (κ2) is 7.44. The molecule has 2 aromatic carbocycles. The summed E-state index contributed by atoms with van der Waals surface area (Å²) in [5, 5.41) is 0.518. The van der Waals surface area contributed by atoms with Crippen LogP contribution in [-0.2, 0) is 20.9 Å². The third kappa shape index (κ3) is 3.85. The van der Waals surface area contributed by atoms with Crippen molar-refractivity contribution in [3.63, 3.8) is 0 Å². The number of rotatable bonds is 5. The number of nitrogens with zero attached hydrogens (tertiary/aromatic N) is 1. The summed E-state index contributed by atoms with van der Waals surface area (Å²) in [5.41, 5.74) is 1.20. The molecule has 6 nitrogen and oxygen atoms in total. The van der Waals surface area contributed by atoms with Crippen molar-refractivity contribution in [1.82, 2.24) is 0 Å². The van der Waals surface area contributed by atoms with Gasteiger partial charge in [-0.3, -0.25) is 14.5 Å². The van der Waals surface area contributed by atoms with Gasteiger partial charge in [0.15, 0.2) is 6.61 Å². The van der Waals surface area contributed by atoms with Crippen LogP contribution in [0.3, 0.4) is 0 Å². The van der Waals surface area contributed by atoms with Gasteiger partial charge in [0.25, 0.3) is 5.91 Å². The molecule has 2 aromatic rings. The van der Waals surface area contributed by atoms with Gasteiger partial charge in [0.2, 0.25) is 0 Å². The number of carbonyl (C=O) groups is 2. The molecule has 3 rings (SSSR count). The first kappa shape index (κ1) is 17.1. The number of esters is 1. The monoisotopic (exact) mass is 361 g/mol. The van der Waals surface area contributed by atoms with E-state index in [4.69, 9.17) is 25.8 Å². The molecule has 7 heteroatoms.